The van der Waals surface area contributed by atoms with Crippen molar-refractivity contribution < 1.29 is 9.90 Å². The van der Waals surface area contributed by atoms with E-state index in [1.807, 2.05) is 24.3 Å². The van der Waals surface area contributed by atoms with E-state index in [-0.39, 0.29) is 23.3 Å². The van der Waals surface area contributed by atoms with Crippen LogP contribution >= 0.6 is 11.8 Å². The monoisotopic (exact) mass is 370 g/mol. The van der Waals surface area contributed by atoms with Crippen molar-refractivity contribution in [2.24, 2.45) is 0 Å². The molecule has 1 aromatic carbocycles. The third-order valence-electron chi connectivity index (χ3n) is 4.19. The second-order valence-corrected chi connectivity index (χ2v) is 9.42. The van der Waals surface area contributed by atoms with Crippen LogP contribution in [-0.2, 0) is 15.6 Å². The lowest BCUT2D eigenvalue weighted by molar-refractivity contribution is -0.123. The third kappa shape index (κ3) is 4.31. The first-order valence-corrected chi connectivity index (χ1v) is 9.44. The number of nitrogens with zero attached hydrogens (tertiary/aromatic N) is 2. The van der Waals surface area contributed by atoms with Gasteiger partial charge in [-0.3, -0.25) is 4.79 Å². The molecule has 4 nitrogen and oxygen atoms in total. The molecule has 0 aromatic heterocycles. The second-order valence-electron chi connectivity index (χ2n) is 8.47. The molecule has 0 saturated carbocycles. The Labute approximate surface area is 160 Å². The van der Waals surface area contributed by atoms with Crippen molar-refractivity contribution in [2.45, 2.75) is 52.4 Å². The lowest BCUT2D eigenvalue weighted by atomic mass is 9.78. The summed E-state index contributed by atoms with van der Waals surface area (Å²) in [5.41, 5.74) is 2.13. The number of hydrogen-bond donors (Lipinski definition) is 1. The molecule has 2 rings (SSSR count). The number of phenolic OH excluding ortho intramolecular Hbond substituents is 1. The molecule has 5 heteroatoms. The number of thioether (sulfide) groups is 1. The lowest BCUT2D eigenvalue weighted by Crippen LogP contribution is -2.28. The molecule has 1 aromatic rings. The van der Waals surface area contributed by atoms with Gasteiger partial charge in [-0.1, -0.05) is 53.3 Å². The number of amides is 1. The Bertz CT molecular complexity index is 783. The van der Waals surface area contributed by atoms with E-state index in [4.69, 9.17) is 5.26 Å². The van der Waals surface area contributed by atoms with E-state index in [1.165, 1.54) is 16.7 Å². The van der Waals surface area contributed by atoms with Gasteiger partial charge >= 0.3 is 0 Å². The van der Waals surface area contributed by atoms with Gasteiger partial charge in [-0.25, -0.2) is 0 Å². The fraction of sp³-hybridized carbons (Fsp3) is 0.429. The molecule has 26 heavy (non-hydrogen) atoms. The summed E-state index contributed by atoms with van der Waals surface area (Å²) in [7, 11) is 0. The Kier molecular flexibility index (Phi) is 5.58. The highest BCUT2D eigenvalue weighted by Crippen LogP contribution is 2.40. The van der Waals surface area contributed by atoms with E-state index in [2.05, 4.69) is 41.5 Å². The molecule has 138 valence electrons. The first-order valence-electron chi connectivity index (χ1n) is 8.56. The van der Waals surface area contributed by atoms with Gasteiger partial charge in [0, 0.05) is 17.3 Å². The van der Waals surface area contributed by atoms with Crippen LogP contribution in [-0.4, -0.2) is 22.5 Å². The number of nitriles is 1. The highest BCUT2D eigenvalue weighted by Gasteiger charge is 2.27. The van der Waals surface area contributed by atoms with Crippen molar-refractivity contribution >= 4 is 23.7 Å². The first kappa shape index (κ1) is 20.1. The Morgan fingerprint density at radius 1 is 1.15 bits per heavy atom. The number of benzene rings is 1. The molecule has 0 spiro atoms. The summed E-state index contributed by atoms with van der Waals surface area (Å²) >= 11 is 1.34. The van der Waals surface area contributed by atoms with E-state index in [0.717, 1.165) is 16.7 Å². The average molecular weight is 371 g/mol. The van der Waals surface area contributed by atoms with Gasteiger partial charge in [-0.2, -0.15) is 5.26 Å². The molecule has 0 unspecified atom stereocenters. The fourth-order valence-corrected chi connectivity index (χ4v) is 3.54. The summed E-state index contributed by atoms with van der Waals surface area (Å²) in [5, 5.41) is 21.5. The first-order chi connectivity index (χ1) is 11.9. The molecule has 0 atom stereocenters. The minimum atomic E-state index is -0.227. The molecule has 1 aliphatic heterocycles. The molecule has 1 N–H and O–H groups in total. The average Bonchev–Trinajstić information content (AvgIpc) is 2.50. The maximum Gasteiger partial charge on any atom is 0.265 e. The van der Waals surface area contributed by atoms with Gasteiger partial charge < -0.3 is 10.0 Å². The van der Waals surface area contributed by atoms with Crippen molar-refractivity contribution in [1.29, 1.82) is 5.26 Å². The molecule has 0 aliphatic carbocycles. The third-order valence-corrected chi connectivity index (χ3v) is 5.00. The van der Waals surface area contributed by atoms with Gasteiger partial charge in [0.1, 0.15) is 12.3 Å². The van der Waals surface area contributed by atoms with E-state index < -0.39 is 0 Å². The molecule has 1 amide bonds. The topological polar surface area (TPSA) is 64.3 Å². The largest absolute Gasteiger partial charge is 0.507 e. The molecule has 0 radical (unpaired) electrons. The van der Waals surface area contributed by atoms with Crippen LogP contribution in [0.2, 0.25) is 0 Å². The van der Waals surface area contributed by atoms with E-state index in [0.29, 0.717) is 10.7 Å². The van der Waals surface area contributed by atoms with Gasteiger partial charge in [0.2, 0.25) is 0 Å². The minimum absolute atomic E-state index is 0.0310. The second kappa shape index (κ2) is 7.20. The number of aromatic hydroxyl groups is 1. The number of rotatable bonds is 2. The van der Waals surface area contributed by atoms with Crippen LogP contribution in [0, 0.1) is 11.3 Å². The maximum absolute atomic E-state index is 12.5. The van der Waals surface area contributed by atoms with Gasteiger partial charge in [-0.15, -0.1) is 0 Å². The number of phenols is 1. The summed E-state index contributed by atoms with van der Waals surface area (Å²) in [6.45, 7) is 12.4. The summed E-state index contributed by atoms with van der Waals surface area (Å²) in [6.07, 6.45) is 3.47. The molecule has 1 aliphatic rings. The van der Waals surface area contributed by atoms with Crippen molar-refractivity contribution in [3.8, 4) is 11.8 Å². The van der Waals surface area contributed by atoms with Gasteiger partial charge in [-0.05, 0) is 40.0 Å². The smallest absolute Gasteiger partial charge is 0.265 e. The van der Waals surface area contributed by atoms with Crippen LogP contribution < -0.4 is 0 Å². The predicted octanol–water partition coefficient (Wildman–Crippen LogP) is 4.90. The van der Waals surface area contributed by atoms with Gasteiger partial charge in [0.05, 0.1) is 11.0 Å². The van der Waals surface area contributed by atoms with Crippen molar-refractivity contribution in [2.75, 3.05) is 6.54 Å². The normalized spacial score (nSPS) is 16.9. The Morgan fingerprint density at radius 3 is 2.15 bits per heavy atom. The SMILES string of the molecule is CC(C)(C)c1cc(/C=C2\SC=CN(CC#N)C2=O)cc(C(C)(C)C)c1O. The molecule has 0 fully saturated rings. The lowest BCUT2D eigenvalue weighted by Gasteiger charge is -2.28. The standard InChI is InChI=1S/C21H26N2O2S/c1-20(2,3)15-11-14(12-16(18(15)24)21(4,5)6)13-17-19(25)23(8-7-22)9-10-26-17/h9-13,24H,8H2,1-6H3/b17-13-. The van der Waals surface area contributed by atoms with E-state index in [1.54, 1.807) is 11.6 Å². The number of hydrogen-bond acceptors (Lipinski definition) is 4. The van der Waals surface area contributed by atoms with Crippen LogP contribution in [0.3, 0.4) is 0 Å². The van der Waals surface area contributed by atoms with Crippen LogP contribution in [0.1, 0.15) is 58.2 Å². The highest BCUT2D eigenvalue weighted by atomic mass is 32.2. The zero-order valence-electron chi connectivity index (χ0n) is 16.3. The Hall–Kier alpha value is -2.19. The molecular weight excluding hydrogens is 344 g/mol. The van der Waals surface area contributed by atoms with Gasteiger partial charge in [0.25, 0.3) is 5.91 Å². The Morgan fingerprint density at radius 2 is 1.69 bits per heavy atom. The summed E-state index contributed by atoms with van der Waals surface area (Å²) in [4.78, 5) is 14.5. The molecular formula is C21H26N2O2S. The highest BCUT2D eigenvalue weighted by molar-refractivity contribution is 8.06. The van der Waals surface area contributed by atoms with Crippen LogP contribution in [0.15, 0.2) is 28.6 Å². The summed E-state index contributed by atoms with van der Waals surface area (Å²) in [6, 6.07) is 5.89. The fourth-order valence-electron chi connectivity index (χ4n) is 2.77. The molecule has 0 bridgehead atoms. The van der Waals surface area contributed by atoms with Crippen LogP contribution in [0.4, 0.5) is 0 Å². The Balaban J connectivity index is 2.59. The zero-order valence-corrected chi connectivity index (χ0v) is 17.1. The summed E-state index contributed by atoms with van der Waals surface area (Å²) < 4.78 is 0. The van der Waals surface area contributed by atoms with Crippen LogP contribution in [0.5, 0.6) is 5.75 Å². The van der Waals surface area contributed by atoms with Crippen molar-refractivity contribution in [3.05, 3.63) is 45.3 Å². The van der Waals surface area contributed by atoms with E-state index in [9.17, 15) is 9.90 Å². The zero-order chi connectivity index (χ0) is 19.7. The predicted molar refractivity (Wildman–Crippen MR) is 108 cm³/mol. The summed E-state index contributed by atoms with van der Waals surface area (Å²) in [5.74, 6) is 0.141. The van der Waals surface area contributed by atoms with Crippen molar-refractivity contribution in [1.82, 2.24) is 4.90 Å². The van der Waals surface area contributed by atoms with Crippen LogP contribution in [0.25, 0.3) is 6.08 Å². The number of carbonyl (C=O) groups is 1. The van der Waals surface area contributed by atoms with Gasteiger partial charge in [0.15, 0.2) is 0 Å². The number of carbonyl (C=O) groups excluding carboxylic acids is 1. The minimum Gasteiger partial charge on any atom is -0.507 e. The maximum atomic E-state index is 12.5. The quantitative estimate of drug-likeness (QED) is 0.594. The molecule has 1 heterocycles. The van der Waals surface area contributed by atoms with E-state index >= 15 is 0 Å². The molecule has 0 saturated heterocycles. The van der Waals surface area contributed by atoms with Crippen molar-refractivity contribution in [3.63, 3.8) is 0 Å².